The second-order valence-electron chi connectivity index (χ2n) is 17.1. The molecule has 0 saturated heterocycles. The molecule has 4 heteroatoms. The molecule has 12 aromatic rings. The summed E-state index contributed by atoms with van der Waals surface area (Å²) in [7, 11) is 0. The van der Waals surface area contributed by atoms with Gasteiger partial charge in [0.2, 0.25) is 0 Å². The molecule has 0 N–H and O–H groups in total. The van der Waals surface area contributed by atoms with Crippen molar-refractivity contribution < 1.29 is 8.78 Å². The van der Waals surface area contributed by atoms with Gasteiger partial charge in [-0.1, -0.05) is 194 Å². The summed E-state index contributed by atoms with van der Waals surface area (Å²) in [6.07, 6.45) is 0. The molecule has 2 nitrogen and oxygen atoms in total. The number of hydrogen-bond acceptors (Lipinski definition) is 2. The van der Waals surface area contributed by atoms with Crippen LogP contribution < -0.4 is 9.80 Å². The lowest BCUT2D eigenvalue weighted by Crippen LogP contribution is -2.14. The molecule has 12 aromatic carbocycles. The third kappa shape index (κ3) is 7.11. The summed E-state index contributed by atoms with van der Waals surface area (Å²) in [5, 5.41) is 6.52. The highest BCUT2D eigenvalue weighted by Crippen LogP contribution is 2.53. The molecule has 12 rings (SSSR count). The van der Waals surface area contributed by atoms with Crippen molar-refractivity contribution >= 4 is 66.4 Å². The van der Waals surface area contributed by atoms with E-state index in [-0.39, 0.29) is 11.6 Å². The molecule has 0 aromatic heterocycles. The number of nitrogens with zero attached hydrogens (tertiary/aromatic N) is 2. The largest absolute Gasteiger partial charge is 0.309 e. The second kappa shape index (κ2) is 17.2. The van der Waals surface area contributed by atoms with Gasteiger partial charge in [-0.05, 0) is 104 Å². The zero-order valence-electron chi connectivity index (χ0n) is 36.9. The molecule has 0 atom stereocenters. The number of halogens is 2. The molecule has 0 unspecified atom stereocenters. The molecule has 68 heavy (non-hydrogen) atoms. The van der Waals surface area contributed by atoms with Gasteiger partial charge in [0.1, 0.15) is 11.6 Å². The Labute approximate surface area is 394 Å². The highest BCUT2D eigenvalue weighted by Gasteiger charge is 2.28. The molecular formula is C64H42F2N2. The fourth-order valence-electron chi connectivity index (χ4n) is 10.1. The van der Waals surface area contributed by atoms with E-state index in [2.05, 4.69) is 107 Å². The molecule has 0 aliphatic rings. The van der Waals surface area contributed by atoms with Gasteiger partial charge in [0, 0.05) is 44.4 Å². The standard InChI is InChI=1S/C64H42F2N2/c65-49-39-55(43-19-7-1-8-20-43)63(56(40-49)44-21-9-2-10-22-44)67(51-27-15-5-16-28-51)59-37-33-47-32-36-54-60(38-34-48-31-35-53(59)61(47)62(48)54)68(52-29-17-6-18-30-52)64-57(45-23-11-3-12-24-45)41-50(66)42-58(64)46-25-13-4-14-26-46/h1-42H. The minimum absolute atomic E-state index is 0.308. The van der Waals surface area contributed by atoms with Gasteiger partial charge in [0.25, 0.3) is 0 Å². The van der Waals surface area contributed by atoms with Crippen molar-refractivity contribution in [3.8, 4) is 44.5 Å². The molecule has 0 fully saturated rings. The Morgan fingerprint density at radius 1 is 0.265 bits per heavy atom. The topological polar surface area (TPSA) is 6.48 Å². The maximum absolute atomic E-state index is 16.1. The van der Waals surface area contributed by atoms with Crippen LogP contribution in [0.5, 0.6) is 0 Å². The van der Waals surface area contributed by atoms with E-state index in [1.54, 1.807) is 24.3 Å². The smallest absolute Gasteiger partial charge is 0.124 e. The van der Waals surface area contributed by atoms with Crippen molar-refractivity contribution in [2.45, 2.75) is 0 Å². The van der Waals surface area contributed by atoms with Crippen molar-refractivity contribution in [3.05, 3.63) is 266 Å². The SMILES string of the molecule is Fc1cc(-c2ccccc2)c(N(c2ccccc2)c2ccc3ccc4c(N(c5ccccc5)c5c(-c6ccccc6)cc(F)cc5-c5ccccc5)ccc5ccc2c3c54)c(-c2ccccc2)c1. The van der Waals surface area contributed by atoms with Crippen molar-refractivity contribution in [2.24, 2.45) is 0 Å². The molecule has 0 radical (unpaired) electrons. The average molecular weight is 877 g/mol. The van der Waals surface area contributed by atoms with Gasteiger partial charge in [-0.2, -0.15) is 0 Å². The predicted octanol–water partition coefficient (Wildman–Crippen LogP) is 18.5. The predicted molar refractivity (Wildman–Crippen MR) is 281 cm³/mol. The van der Waals surface area contributed by atoms with Gasteiger partial charge in [0.05, 0.1) is 22.7 Å². The molecule has 0 aliphatic heterocycles. The number of hydrogen-bond donors (Lipinski definition) is 0. The number of rotatable bonds is 10. The van der Waals surface area contributed by atoms with Gasteiger partial charge in [-0.15, -0.1) is 0 Å². The van der Waals surface area contributed by atoms with Crippen LogP contribution in [-0.4, -0.2) is 0 Å². The lowest BCUT2D eigenvalue weighted by atomic mass is 9.90. The Morgan fingerprint density at radius 2 is 0.529 bits per heavy atom. The van der Waals surface area contributed by atoms with Crippen molar-refractivity contribution in [3.63, 3.8) is 0 Å². The van der Waals surface area contributed by atoms with E-state index in [1.807, 2.05) is 133 Å². The van der Waals surface area contributed by atoms with E-state index in [9.17, 15) is 0 Å². The Bertz CT molecular complexity index is 3360. The van der Waals surface area contributed by atoms with Gasteiger partial charge in [-0.3, -0.25) is 0 Å². The quantitative estimate of drug-likeness (QED) is 0.126. The molecule has 0 bridgehead atoms. The lowest BCUT2D eigenvalue weighted by molar-refractivity contribution is 0.628. The molecular weight excluding hydrogens is 835 g/mol. The van der Waals surface area contributed by atoms with Gasteiger partial charge >= 0.3 is 0 Å². The van der Waals surface area contributed by atoms with Crippen LogP contribution >= 0.6 is 0 Å². The molecule has 0 saturated carbocycles. The summed E-state index contributed by atoms with van der Waals surface area (Å²) in [5.41, 5.74) is 12.3. The maximum Gasteiger partial charge on any atom is 0.124 e. The Balaban J connectivity index is 1.16. The number of anilines is 6. The van der Waals surface area contributed by atoms with Crippen LogP contribution in [0.15, 0.2) is 255 Å². The van der Waals surface area contributed by atoms with E-state index in [0.717, 1.165) is 111 Å². The molecule has 0 aliphatic carbocycles. The maximum atomic E-state index is 16.1. The Morgan fingerprint density at radius 3 is 0.824 bits per heavy atom. The average Bonchev–Trinajstić information content (AvgIpc) is 3.40. The Hall–Kier alpha value is -8.86. The highest BCUT2D eigenvalue weighted by molar-refractivity contribution is 6.28. The van der Waals surface area contributed by atoms with E-state index >= 15 is 8.78 Å². The fourth-order valence-corrected chi connectivity index (χ4v) is 10.1. The normalized spacial score (nSPS) is 11.4. The van der Waals surface area contributed by atoms with E-state index in [0.29, 0.717) is 0 Å². The first kappa shape index (κ1) is 40.6. The van der Waals surface area contributed by atoms with Crippen molar-refractivity contribution in [1.82, 2.24) is 0 Å². The van der Waals surface area contributed by atoms with Crippen molar-refractivity contribution in [2.75, 3.05) is 9.80 Å². The van der Waals surface area contributed by atoms with Crippen LogP contribution in [0.25, 0.3) is 76.8 Å². The Kier molecular flexibility index (Phi) is 10.3. The lowest BCUT2D eigenvalue weighted by Gasteiger charge is -2.33. The third-order valence-corrected chi connectivity index (χ3v) is 13.1. The zero-order valence-corrected chi connectivity index (χ0v) is 36.9. The summed E-state index contributed by atoms with van der Waals surface area (Å²) in [6, 6.07) is 85.5. The van der Waals surface area contributed by atoms with E-state index in [4.69, 9.17) is 0 Å². The van der Waals surface area contributed by atoms with Crippen LogP contribution in [-0.2, 0) is 0 Å². The van der Waals surface area contributed by atoms with E-state index < -0.39 is 0 Å². The fraction of sp³-hybridized carbons (Fsp3) is 0. The summed E-state index contributed by atoms with van der Waals surface area (Å²) < 4.78 is 32.3. The van der Waals surface area contributed by atoms with Crippen LogP contribution in [0.3, 0.4) is 0 Å². The molecule has 0 spiro atoms. The first-order valence-corrected chi connectivity index (χ1v) is 22.9. The second-order valence-corrected chi connectivity index (χ2v) is 17.1. The molecule has 0 heterocycles. The van der Waals surface area contributed by atoms with Gasteiger partial charge in [-0.25, -0.2) is 8.78 Å². The molecule has 322 valence electrons. The number of para-hydroxylation sites is 2. The first-order chi connectivity index (χ1) is 33.6. The molecule has 0 amide bonds. The summed E-state index contributed by atoms with van der Waals surface area (Å²) in [4.78, 5) is 4.62. The van der Waals surface area contributed by atoms with Crippen molar-refractivity contribution in [1.29, 1.82) is 0 Å². The van der Waals surface area contributed by atoms with Crippen LogP contribution in [0, 0.1) is 11.6 Å². The van der Waals surface area contributed by atoms with E-state index in [1.165, 1.54) is 0 Å². The van der Waals surface area contributed by atoms with Gasteiger partial charge in [0.15, 0.2) is 0 Å². The van der Waals surface area contributed by atoms with Crippen LogP contribution in [0.4, 0.5) is 42.9 Å². The third-order valence-electron chi connectivity index (χ3n) is 13.1. The minimum atomic E-state index is -0.308. The van der Waals surface area contributed by atoms with Crippen LogP contribution in [0.2, 0.25) is 0 Å². The number of benzene rings is 12. The van der Waals surface area contributed by atoms with Gasteiger partial charge < -0.3 is 9.80 Å². The summed E-state index contributed by atoms with van der Waals surface area (Å²) in [5.74, 6) is -0.616. The monoisotopic (exact) mass is 876 g/mol. The zero-order chi connectivity index (χ0) is 45.6. The summed E-state index contributed by atoms with van der Waals surface area (Å²) >= 11 is 0. The van der Waals surface area contributed by atoms with Crippen LogP contribution in [0.1, 0.15) is 0 Å². The highest BCUT2D eigenvalue weighted by atomic mass is 19.1. The summed E-state index contributed by atoms with van der Waals surface area (Å²) in [6.45, 7) is 0. The minimum Gasteiger partial charge on any atom is -0.309 e. The first-order valence-electron chi connectivity index (χ1n) is 22.9.